The summed E-state index contributed by atoms with van der Waals surface area (Å²) in [5, 5.41) is 8.09. The van der Waals surface area contributed by atoms with Gasteiger partial charge in [0, 0.05) is 20.0 Å². The van der Waals surface area contributed by atoms with Gasteiger partial charge in [-0.15, -0.1) is 10.2 Å². The molecule has 5 nitrogen and oxygen atoms in total. The lowest BCUT2D eigenvalue weighted by Crippen LogP contribution is -2.18. The van der Waals surface area contributed by atoms with Gasteiger partial charge in [0.2, 0.25) is 6.41 Å². The maximum atomic E-state index is 10.4. The maximum Gasteiger partial charge on any atom is 0.209 e. The maximum absolute atomic E-state index is 10.4. The van der Waals surface area contributed by atoms with E-state index in [1.807, 2.05) is 0 Å². The monoisotopic (exact) mass is 180 g/mol. The largest absolute Gasteiger partial charge is 0.341 e. The Bertz CT molecular complexity index is 320. The zero-order valence-electron chi connectivity index (χ0n) is 7.60. The number of fused-ring (bicyclic) bond motifs is 1. The molecular weight excluding hydrogens is 168 g/mol. The highest BCUT2D eigenvalue weighted by Crippen LogP contribution is 2.14. The Hall–Kier alpha value is -1.39. The topological polar surface area (TPSA) is 51.0 Å². The van der Waals surface area contributed by atoms with Crippen molar-refractivity contribution >= 4 is 6.41 Å². The van der Waals surface area contributed by atoms with Gasteiger partial charge in [-0.3, -0.25) is 4.79 Å². The van der Waals surface area contributed by atoms with Crippen molar-refractivity contribution in [3.8, 4) is 0 Å². The molecule has 0 saturated carbocycles. The second-order valence-corrected chi connectivity index (χ2v) is 3.31. The minimum absolute atomic E-state index is 0.552. The van der Waals surface area contributed by atoms with Crippen LogP contribution in [-0.2, 0) is 24.3 Å². The van der Waals surface area contributed by atoms with E-state index in [1.165, 1.54) is 0 Å². The van der Waals surface area contributed by atoms with Crippen LogP contribution in [0.4, 0.5) is 0 Å². The van der Waals surface area contributed by atoms with E-state index in [9.17, 15) is 4.79 Å². The summed E-state index contributed by atoms with van der Waals surface area (Å²) in [5.74, 6) is 1.94. The fraction of sp³-hybridized carbons (Fsp3) is 0.625. The molecule has 0 radical (unpaired) electrons. The van der Waals surface area contributed by atoms with Gasteiger partial charge in [0.1, 0.15) is 5.82 Å². The quantitative estimate of drug-likeness (QED) is 0.606. The van der Waals surface area contributed by atoms with Gasteiger partial charge in [0.15, 0.2) is 5.82 Å². The average Bonchev–Trinajstić information content (AvgIpc) is 2.69. The molecule has 0 aliphatic carbocycles. The molecule has 13 heavy (non-hydrogen) atoms. The number of rotatable bonds is 3. The van der Waals surface area contributed by atoms with Gasteiger partial charge >= 0.3 is 0 Å². The normalized spacial score (nSPS) is 14.2. The van der Waals surface area contributed by atoms with E-state index in [0.717, 1.165) is 37.4 Å². The molecule has 2 rings (SSSR count). The smallest absolute Gasteiger partial charge is 0.209 e. The predicted octanol–water partition coefficient (Wildman–Crippen LogP) is -0.188. The molecule has 0 bridgehead atoms. The molecule has 1 aromatic rings. The molecule has 0 unspecified atom stereocenters. The number of hydrogen-bond acceptors (Lipinski definition) is 3. The summed E-state index contributed by atoms with van der Waals surface area (Å²) in [5.41, 5.74) is 0. The summed E-state index contributed by atoms with van der Waals surface area (Å²) in [6.07, 6.45) is 2.96. The highest BCUT2D eigenvalue weighted by molar-refractivity contribution is 5.46. The Morgan fingerprint density at radius 2 is 2.46 bits per heavy atom. The van der Waals surface area contributed by atoms with Crippen LogP contribution in [0.3, 0.4) is 0 Å². The minimum atomic E-state index is 0.552. The number of carbonyl (C=O) groups excluding carboxylic acids is 1. The molecule has 5 heteroatoms. The third kappa shape index (κ3) is 1.41. The highest BCUT2D eigenvalue weighted by atomic mass is 16.1. The first-order valence-corrected chi connectivity index (χ1v) is 4.38. The Kier molecular flexibility index (Phi) is 2.00. The Balaban J connectivity index is 2.17. The van der Waals surface area contributed by atoms with Crippen LogP contribution in [0.2, 0.25) is 0 Å². The number of amides is 1. The first-order valence-electron chi connectivity index (χ1n) is 4.38. The third-order valence-corrected chi connectivity index (χ3v) is 2.26. The number of aryl methyl sites for hydroxylation is 1. The van der Waals surface area contributed by atoms with Crippen molar-refractivity contribution in [3.05, 3.63) is 11.6 Å². The van der Waals surface area contributed by atoms with Crippen LogP contribution in [0.5, 0.6) is 0 Å². The predicted molar refractivity (Wildman–Crippen MR) is 45.9 cm³/mol. The summed E-state index contributed by atoms with van der Waals surface area (Å²) in [6.45, 7) is 1.54. The van der Waals surface area contributed by atoms with Gasteiger partial charge in [-0.2, -0.15) is 0 Å². The SMILES string of the molecule is CN(C=O)Cc1nnc2n1CCC2. The Morgan fingerprint density at radius 1 is 1.62 bits per heavy atom. The van der Waals surface area contributed by atoms with Crippen molar-refractivity contribution in [2.24, 2.45) is 0 Å². The van der Waals surface area contributed by atoms with Crippen molar-refractivity contribution in [1.29, 1.82) is 0 Å². The Morgan fingerprint density at radius 3 is 3.23 bits per heavy atom. The molecule has 0 aromatic carbocycles. The molecule has 1 aliphatic heterocycles. The van der Waals surface area contributed by atoms with Crippen LogP contribution in [0.1, 0.15) is 18.1 Å². The van der Waals surface area contributed by atoms with Crippen LogP contribution in [0.15, 0.2) is 0 Å². The summed E-state index contributed by atoms with van der Waals surface area (Å²) < 4.78 is 2.10. The first kappa shape index (κ1) is 8.22. The van der Waals surface area contributed by atoms with Crippen LogP contribution in [-0.4, -0.2) is 33.1 Å². The van der Waals surface area contributed by atoms with Gasteiger partial charge in [-0.1, -0.05) is 0 Å². The molecule has 0 fully saturated rings. The molecule has 1 aromatic heterocycles. The van der Waals surface area contributed by atoms with Crippen LogP contribution in [0, 0.1) is 0 Å². The average molecular weight is 180 g/mol. The molecule has 2 heterocycles. The summed E-state index contributed by atoms with van der Waals surface area (Å²) in [6, 6.07) is 0. The number of aromatic nitrogens is 3. The molecule has 0 spiro atoms. The number of hydrogen-bond donors (Lipinski definition) is 0. The number of carbonyl (C=O) groups is 1. The van der Waals surface area contributed by atoms with Crippen LogP contribution in [0.25, 0.3) is 0 Å². The molecule has 70 valence electrons. The van der Waals surface area contributed by atoms with Crippen molar-refractivity contribution < 1.29 is 4.79 Å². The van der Waals surface area contributed by atoms with Crippen molar-refractivity contribution in [2.75, 3.05) is 7.05 Å². The zero-order chi connectivity index (χ0) is 9.26. The van der Waals surface area contributed by atoms with E-state index in [1.54, 1.807) is 11.9 Å². The summed E-state index contributed by atoms with van der Waals surface area (Å²) in [4.78, 5) is 12.0. The fourth-order valence-corrected chi connectivity index (χ4v) is 1.59. The van der Waals surface area contributed by atoms with Gasteiger partial charge in [-0.05, 0) is 6.42 Å². The van der Waals surface area contributed by atoms with Crippen molar-refractivity contribution in [3.63, 3.8) is 0 Å². The Labute approximate surface area is 76.4 Å². The third-order valence-electron chi connectivity index (χ3n) is 2.26. The van der Waals surface area contributed by atoms with Gasteiger partial charge in [0.25, 0.3) is 0 Å². The molecule has 0 atom stereocenters. The second kappa shape index (κ2) is 3.16. The summed E-state index contributed by atoms with van der Waals surface area (Å²) >= 11 is 0. The van der Waals surface area contributed by atoms with Crippen molar-refractivity contribution in [2.45, 2.75) is 25.9 Å². The standard InChI is InChI=1S/C8H12N4O/c1-11(6-13)5-8-10-9-7-3-2-4-12(7)8/h6H,2-5H2,1H3. The zero-order valence-corrected chi connectivity index (χ0v) is 7.60. The van der Waals surface area contributed by atoms with Crippen LogP contribution >= 0.6 is 0 Å². The second-order valence-electron chi connectivity index (χ2n) is 3.31. The highest BCUT2D eigenvalue weighted by Gasteiger charge is 2.17. The van der Waals surface area contributed by atoms with Crippen LogP contribution < -0.4 is 0 Å². The lowest BCUT2D eigenvalue weighted by molar-refractivity contribution is -0.117. The minimum Gasteiger partial charge on any atom is -0.341 e. The van der Waals surface area contributed by atoms with E-state index in [0.29, 0.717) is 6.54 Å². The summed E-state index contributed by atoms with van der Waals surface area (Å²) in [7, 11) is 1.74. The van der Waals surface area contributed by atoms with Gasteiger partial charge in [-0.25, -0.2) is 0 Å². The van der Waals surface area contributed by atoms with E-state index in [-0.39, 0.29) is 0 Å². The van der Waals surface area contributed by atoms with E-state index in [4.69, 9.17) is 0 Å². The lowest BCUT2D eigenvalue weighted by Gasteiger charge is -2.09. The van der Waals surface area contributed by atoms with E-state index >= 15 is 0 Å². The van der Waals surface area contributed by atoms with E-state index in [2.05, 4.69) is 14.8 Å². The molecule has 0 N–H and O–H groups in total. The first-order chi connectivity index (χ1) is 6.31. The molecular formula is C8H12N4O. The molecule has 1 amide bonds. The number of nitrogens with zero attached hydrogens (tertiary/aromatic N) is 4. The van der Waals surface area contributed by atoms with E-state index < -0.39 is 0 Å². The van der Waals surface area contributed by atoms with Crippen molar-refractivity contribution in [1.82, 2.24) is 19.7 Å². The molecule has 1 aliphatic rings. The van der Waals surface area contributed by atoms with Gasteiger partial charge < -0.3 is 9.47 Å². The molecule has 0 saturated heterocycles. The lowest BCUT2D eigenvalue weighted by atomic mass is 10.4. The fourth-order valence-electron chi connectivity index (χ4n) is 1.59. The van der Waals surface area contributed by atoms with Gasteiger partial charge in [0.05, 0.1) is 6.54 Å².